The van der Waals surface area contributed by atoms with Crippen molar-refractivity contribution in [2.24, 2.45) is 0 Å². The van der Waals surface area contributed by atoms with Gasteiger partial charge in [-0.2, -0.15) is 5.26 Å². The summed E-state index contributed by atoms with van der Waals surface area (Å²) in [4.78, 5) is 2.52. The molecule has 2 heterocycles. The van der Waals surface area contributed by atoms with E-state index in [0.717, 1.165) is 39.1 Å². The maximum atomic E-state index is 9.22. The van der Waals surface area contributed by atoms with Crippen LogP contribution >= 0.6 is 11.8 Å². The molecule has 2 aliphatic rings. The number of nitriles is 1. The minimum atomic E-state index is -0.119. The van der Waals surface area contributed by atoms with Crippen LogP contribution in [0.5, 0.6) is 0 Å². The topological polar surface area (TPSA) is 36.3 Å². The average Bonchev–Trinajstić information content (AvgIpc) is 2.40. The molecule has 2 aliphatic heterocycles. The quantitative estimate of drug-likeness (QED) is 0.738. The van der Waals surface area contributed by atoms with Gasteiger partial charge in [0.25, 0.3) is 0 Å². The summed E-state index contributed by atoms with van der Waals surface area (Å²) in [6.07, 6.45) is 6.51. The molecular formula is C12H20N2OS. The number of likely N-dealkylation sites (tertiary alicyclic amines) is 1. The SMILES string of the molecule is CSC1(C#N)CCN(C2CCCOC2)CC1. The first kappa shape index (κ1) is 12.2. The van der Waals surface area contributed by atoms with E-state index in [1.165, 1.54) is 12.8 Å². The smallest absolute Gasteiger partial charge is 0.104 e. The number of nitrogens with zero attached hydrogens (tertiary/aromatic N) is 2. The number of thioether (sulfide) groups is 1. The monoisotopic (exact) mass is 240 g/mol. The van der Waals surface area contributed by atoms with Crippen molar-refractivity contribution in [2.75, 3.05) is 32.6 Å². The molecule has 0 aromatic heterocycles. The van der Waals surface area contributed by atoms with E-state index in [9.17, 15) is 5.26 Å². The third-order valence-corrected chi connectivity index (χ3v) is 5.13. The molecule has 3 nitrogen and oxygen atoms in total. The van der Waals surface area contributed by atoms with Crippen molar-refractivity contribution in [3.05, 3.63) is 0 Å². The number of rotatable bonds is 2. The Morgan fingerprint density at radius 1 is 1.44 bits per heavy atom. The number of hydrogen-bond donors (Lipinski definition) is 0. The molecule has 0 aromatic carbocycles. The number of ether oxygens (including phenoxy) is 1. The molecule has 90 valence electrons. The van der Waals surface area contributed by atoms with Crippen LogP contribution in [0.15, 0.2) is 0 Å². The van der Waals surface area contributed by atoms with Crippen molar-refractivity contribution in [1.29, 1.82) is 5.26 Å². The summed E-state index contributed by atoms with van der Waals surface area (Å²) in [6, 6.07) is 3.10. The van der Waals surface area contributed by atoms with E-state index in [0.29, 0.717) is 6.04 Å². The van der Waals surface area contributed by atoms with Gasteiger partial charge in [-0.1, -0.05) is 0 Å². The molecule has 1 atom stereocenters. The van der Waals surface area contributed by atoms with Gasteiger partial charge in [-0.25, -0.2) is 0 Å². The summed E-state index contributed by atoms with van der Waals surface area (Å²) in [6.45, 7) is 3.93. The normalized spacial score (nSPS) is 30.9. The van der Waals surface area contributed by atoms with Crippen molar-refractivity contribution < 1.29 is 4.74 Å². The molecule has 0 radical (unpaired) electrons. The Morgan fingerprint density at radius 3 is 2.69 bits per heavy atom. The molecule has 2 fully saturated rings. The molecule has 0 saturated carbocycles. The Morgan fingerprint density at radius 2 is 2.19 bits per heavy atom. The fourth-order valence-electron chi connectivity index (χ4n) is 2.62. The minimum Gasteiger partial charge on any atom is -0.380 e. The lowest BCUT2D eigenvalue weighted by atomic mass is 9.95. The predicted molar refractivity (Wildman–Crippen MR) is 66.5 cm³/mol. The second-order valence-electron chi connectivity index (χ2n) is 4.72. The van der Waals surface area contributed by atoms with Crippen LogP contribution in [0.1, 0.15) is 25.7 Å². The van der Waals surface area contributed by atoms with Crippen LogP contribution < -0.4 is 0 Å². The standard InChI is InChI=1S/C12H20N2OS/c1-16-12(10-13)4-6-14(7-5-12)11-3-2-8-15-9-11/h11H,2-9H2,1H3. The Labute approximate surface area is 102 Å². The molecule has 2 saturated heterocycles. The van der Waals surface area contributed by atoms with Crippen LogP contribution in [0, 0.1) is 11.3 Å². The highest BCUT2D eigenvalue weighted by molar-refractivity contribution is 8.00. The lowest BCUT2D eigenvalue weighted by Gasteiger charge is -2.41. The van der Waals surface area contributed by atoms with Gasteiger partial charge in [-0.05, 0) is 31.9 Å². The van der Waals surface area contributed by atoms with Crippen molar-refractivity contribution in [3.63, 3.8) is 0 Å². The van der Waals surface area contributed by atoms with Crippen molar-refractivity contribution in [2.45, 2.75) is 36.5 Å². The third kappa shape index (κ3) is 2.53. The van der Waals surface area contributed by atoms with Crippen LogP contribution in [0.2, 0.25) is 0 Å². The number of hydrogen-bond acceptors (Lipinski definition) is 4. The maximum Gasteiger partial charge on any atom is 0.104 e. The summed E-state index contributed by atoms with van der Waals surface area (Å²) in [5.74, 6) is 0. The largest absolute Gasteiger partial charge is 0.380 e. The summed E-state index contributed by atoms with van der Waals surface area (Å²) in [5, 5.41) is 9.22. The van der Waals surface area contributed by atoms with Gasteiger partial charge < -0.3 is 4.74 Å². The first-order valence-corrected chi connectivity index (χ1v) is 7.30. The molecule has 0 amide bonds. The van der Waals surface area contributed by atoms with E-state index >= 15 is 0 Å². The van der Waals surface area contributed by atoms with E-state index in [2.05, 4.69) is 17.2 Å². The van der Waals surface area contributed by atoms with Crippen LogP contribution in [-0.4, -0.2) is 48.2 Å². The van der Waals surface area contributed by atoms with Crippen LogP contribution in [0.3, 0.4) is 0 Å². The van der Waals surface area contributed by atoms with Gasteiger partial charge in [0.1, 0.15) is 4.75 Å². The van der Waals surface area contributed by atoms with Gasteiger partial charge in [0.15, 0.2) is 0 Å². The van der Waals surface area contributed by atoms with Crippen LogP contribution in [-0.2, 0) is 4.74 Å². The minimum absolute atomic E-state index is 0.119. The summed E-state index contributed by atoms with van der Waals surface area (Å²) in [7, 11) is 0. The van der Waals surface area contributed by atoms with Gasteiger partial charge in [-0.15, -0.1) is 11.8 Å². The molecule has 1 unspecified atom stereocenters. The van der Waals surface area contributed by atoms with E-state index in [1.807, 2.05) is 0 Å². The summed E-state index contributed by atoms with van der Waals surface area (Å²) in [5.41, 5.74) is 0. The first-order chi connectivity index (χ1) is 7.79. The lowest BCUT2D eigenvalue weighted by molar-refractivity contribution is 0.00950. The summed E-state index contributed by atoms with van der Waals surface area (Å²) >= 11 is 1.72. The molecule has 0 bridgehead atoms. The molecule has 0 aromatic rings. The molecule has 4 heteroatoms. The highest BCUT2D eigenvalue weighted by Gasteiger charge is 2.36. The second-order valence-corrected chi connectivity index (χ2v) is 5.91. The molecule has 0 aliphatic carbocycles. The highest BCUT2D eigenvalue weighted by Crippen LogP contribution is 2.34. The van der Waals surface area contributed by atoms with Gasteiger partial charge in [0.2, 0.25) is 0 Å². The van der Waals surface area contributed by atoms with Crippen LogP contribution in [0.4, 0.5) is 0 Å². The average molecular weight is 240 g/mol. The van der Waals surface area contributed by atoms with E-state index in [-0.39, 0.29) is 4.75 Å². The third-order valence-electron chi connectivity index (χ3n) is 3.85. The Kier molecular flexibility index (Phi) is 4.12. The highest BCUT2D eigenvalue weighted by atomic mass is 32.2. The van der Waals surface area contributed by atoms with Crippen molar-refractivity contribution in [3.8, 4) is 6.07 Å². The van der Waals surface area contributed by atoms with E-state index in [4.69, 9.17) is 4.74 Å². The van der Waals surface area contributed by atoms with Gasteiger partial charge in [0.05, 0.1) is 12.7 Å². The lowest BCUT2D eigenvalue weighted by Crippen LogP contribution is -2.49. The van der Waals surface area contributed by atoms with Gasteiger partial charge in [-0.3, -0.25) is 4.90 Å². The fraction of sp³-hybridized carbons (Fsp3) is 0.917. The Hall–Kier alpha value is -0.240. The molecule has 2 rings (SSSR count). The summed E-state index contributed by atoms with van der Waals surface area (Å²) < 4.78 is 5.41. The van der Waals surface area contributed by atoms with E-state index in [1.54, 1.807) is 11.8 Å². The van der Waals surface area contributed by atoms with Crippen LogP contribution in [0.25, 0.3) is 0 Å². The zero-order chi connectivity index (χ0) is 11.4. The molecule has 0 spiro atoms. The zero-order valence-electron chi connectivity index (χ0n) is 9.95. The van der Waals surface area contributed by atoms with E-state index < -0.39 is 0 Å². The Bertz CT molecular complexity index is 263. The molecule has 0 N–H and O–H groups in total. The Balaban J connectivity index is 1.87. The van der Waals surface area contributed by atoms with Crippen molar-refractivity contribution >= 4 is 11.8 Å². The molecule has 16 heavy (non-hydrogen) atoms. The number of piperidine rings is 1. The maximum absolute atomic E-state index is 9.22. The zero-order valence-corrected chi connectivity index (χ0v) is 10.8. The van der Waals surface area contributed by atoms with Gasteiger partial charge >= 0.3 is 0 Å². The fourth-order valence-corrected chi connectivity index (χ4v) is 3.31. The first-order valence-electron chi connectivity index (χ1n) is 6.08. The predicted octanol–water partition coefficient (Wildman–Crippen LogP) is 1.89. The van der Waals surface area contributed by atoms with Crippen molar-refractivity contribution in [1.82, 2.24) is 4.90 Å². The molecular weight excluding hydrogens is 220 g/mol. The second kappa shape index (κ2) is 5.39. The van der Waals surface area contributed by atoms with Gasteiger partial charge in [0, 0.05) is 25.7 Å².